The standard InChI is InChI=1S/C26H29ClN2O2/c27-17-7-8-20-21-15-26(23(20)14-17,22-5-2-1-4-19(21)22)16-29-11-9-18(10-12-29)28-25(30)24-6-3-13-31-24/h1-2,4-5,7-8,14,18,21,24H,3,6,9-13,15-16H2,(H,28,30). The molecule has 0 aromatic heterocycles. The van der Waals surface area contributed by atoms with Crippen LogP contribution in [-0.2, 0) is 14.9 Å². The molecule has 5 heteroatoms. The smallest absolute Gasteiger partial charge is 0.249 e. The molecule has 2 saturated heterocycles. The first-order valence-electron chi connectivity index (χ1n) is 11.7. The van der Waals surface area contributed by atoms with Crippen LogP contribution < -0.4 is 5.32 Å². The molecule has 3 atom stereocenters. The number of likely N-dealkylation sites (tertiary alicyclic amines) is 1. The maximum absolute atomic E-state index is 12.4. The van der Waals surface area contributed by atoms with Crippen molar-refractivity contribution in [2.45, 2.75) is 55.6 Å². The average molecular weight is 437 g/mol. The Kier molecular flexibility index (Phi) is 4.86. The van der Waals surface area contributed by atoms with Gasteiger partial charge in [-0.1, -0.05) is 41.9 Å². The lowest BCUT2D eigenvalue weighted by Gasteiger charge is -2.40. The predicted octanol–water partition coefficient (Wildman–Crippen LogP) is 4.23. The molecule has 162 valence electrons. The molecule has 3 unspecified atom stereocenters. The molecular formula is C26H29ClN2O2. The number of nitrogens with zero attached hydrogens (tertiary/aromatic N) is 1. The number of piperidine rings is 1. The van der Waals surface area contributed by atoms with Gasteiger partial charge in [-0.15, -0.1) is 0 Å². The lowest BCUT2D eigenvalue weighted by Crippen LogP contribution is -2.50. The molecule has 2 bridgehead atoms. The van der Waals surface area contributed by atoms with Crippen LogP contribution in [-0.4, -0.2) is 49.2 Å². The van der Waals surface area contributed by atoms with Gasteiger partial charge in [0.1, 0.15) is 6.10 Å². The highest BCUT2D eigenvalue weighted by Gasteiger charge is 2.53. The molecule has 2 aromatic carbocycles. The predicted molar refractivity (Wildman–Crippen MR) is 122 cm³/mol. The lowest BCUT2D eigenvalue weighted by atomic mass is 9.74. The summed E-state index contributed by atoms with van der Waals surface area (Å²) in [6.07, 6.45) is 4.77. The van der Waals surface area contributed by atoms with Gasteiger partial charge in [-0.3, -0.25) is 4.79 Å². The Hall–Kier alpha value is -1.88. The van der Waals surface area contributed by atoms with Crippen molar-refractivity contribution in [3.8, 4) is 0 Å². The fourth-order valence-corrected chi connectivity index (χ4v) is 6.69. The highest BCUT2D eigenvalue weighted by molar-refractivity contribution is 6.30. The Labute approximate surface area is 188 Å². The van der Waals surface area contributed by atoms with Crippen LogP contribution in [0.5, 0.6) is 0 Å². The van der Waals surface area contributed by atoms with Crippen molar-refractivity contribution in [1.82, 2.24) is 10.2 Å². The number of carbonyl (C=O) groups excluding carboxylic acids is 1. The van der Waals surface area contributed by atoms with E-state index in [4.69, 9.17) is 16.3 Å². The number of fused-ring (bicyclic) bond motifs is 8. The van der Waals surface area contributed by atoms with Gasteiger partial charge in [-0.2, -0.15) is 0 Å². The summed E-state index contributed by atoms with van der Waals surface area (Å²) in [6.45, 7) is 3.77. The highest BCUT2D eigenvalue weighted by atomic mass is 35.5. The molecule has 2 fully saturated rings. The third-order valence-electron chi connectivity index (χ3n) is 7.96. The van der Waals surface area contributed by atoms with Crippen LogP contribution in [0.3, 0.4) is 0 Å². The van der Waals surface area contributed by atoms with E-state index in [0.29, 0.717) is 12.5 Å². The molecule has 1 N–H and O–H groups in total. The second kappa shape index (κ2) is 7.61. The summed E-state index contributed by atoms with van der Waals surface area (Å²) in [5, 5.41) is 4.07. The van der Waals surface area contributed by atoms with Crippen LogP contribution in [0.2, 0.25) is 5.02 Å². The van der Waals surface area contributed by atoms with Crippen LogP contribution in [0.15, 0.2) is 42.5 Å². The zero-order valence-electron chi connectivity index (χ0n) is 17.8. The molecule has 31 heavy (non-hydrogen) atoms. The number of hydrogen-bond acceptors (Lipinski definition) is 3. The minimum absolute atomic E-state index is 0.0370. The third-order valence-corrected chi connectivity index (χ3v) is 8.20. The largest absolute Gasteiger partial charge is 0.368 e. The number of hydrogen-bond donors (Lipinski definition) is 1. The van der Waals surface area contributed by atoms with Gasteiger partial charge in [0.05, 0.1) is 0 Å². The molecule has 2 heterocycles. The quantitative estimate of drug-likeness (QED) is 0.779. The van der Waals surface area contributed by atoms with Gasteiger partial charge in [-0.25, -0.2) is 0 Å². The van der Waals surface area contributed by atoms with Crippen molar-refractivity contribution >= 4 is 17.5 Å². The third kappa shape index (κ3) is 3.23. The van der Waals surface area contributed by atoms with Crippen molar-refractivity contribution in [3.63, 3.8) is 0 Å². The van der Waals surface area contributed by atoms with E-state index in [-0.39, 0.29) is 23.5 Å². The van der Waals surface area contributed by atoms with E-state index in [0.717, 1.165) is 56.8 Å². The maximum atomic E-state index is 12.4. The first kappa shape index (κ1) is 19.8. The number of ether oxygens (including phenoxy) is 1. The number of halogens is 1. The molecular weight excluding hydrogens is 408 g/mol. The zero-order valence-corrected chi connectivity index (χ0v) is 18.5. The number of benzene rings is 2. The Morgan fingerprint density at radius 1 is 1.10 bits per heavy atom. The Morgan fingerprint density at radius 3 is 2.71 bits per heavy atom. The van der Waals surface area contributed by atoms with Crippen LogP contribution in [0.4, 0.5) is 0 Å². The molecule has 0 radical (unpaired) electrons. The van der Waals surface area contributed by atoms with Crippen LogP contribution in [0.25, 0.3) is 0 Å². The zero-order chi connectivity index (χ0) is 21.0. The van der Waals surface area contributed by atoms with E-state index in [1.165, 1.54) is 22.3 Å². The SMILES string of the molecule is O=C(NC1CCN(CC23CC(c4ccccc42)c2ccc(Cl)cc23)CC1)C1CCCO1. The summed E-state index contributed by atoms with van der Waals surface area (Å²) < 4.78 is 5.54. The molecule has 2 aromatic rings. The van der Waals surface area contributed by atoms with Crippen LogP contribution in [0.1, 0.15) is 60.3 Å². The van der Waals surface area contributed by atoms with Gasteiger partial charge in [0.25, 0.3) is 0 Å². The van der Waals surface area contributed by atoms with Crippen LogP contribution in [0, 0.1) is 0 Å². The van der Waals surface area contributed by atoms with Gasteiger partial charge < -0.3 is 15.0 Å². The molecule has 0 saturated carbocycles. The summed E-state index contributed by atoms with van der Waals surface area (Å²) in [5.41, 5.74) is 5.91. The van der Waals surface area contributed by atoms with Gasteiger partial charge in [0, 0.05) is 48.6 Å². The van der Waals surface area contributed by atoms with Crippen LogP contribution >= 0.6 is 11.6 Å². The molecule has 6 rings (SSSR count). The fraction of sp³-hybridized carbons (Fsp3) is 0.500. The lowest BCUT2D eigenvalue weighted by molar-refractivity contribution is -0.131. The monoisotopic (exact) mass is 436 g/mol. The second-order valence-electron chi connectivity index (χ2n) is 9.72. The second-order valence-corrected chi connectivity index (χ2v) is 10.2. The summed E-state index contributed by atoms with van der Waals surface area (Å²) in [5.74, 6) is 0.577. The maximum Gasteiger partial charge on any atom is 0.249 e. The molecule has 0 spiro atoms. The minimum atomic E-state index is -0.233. The number of rotatable bonds is 4. The van der Waals surface area contributed by atoms with E-state index in [2.05, 4.69) is 46.6 Å². The van der Waals surface area contributed by atoms with Crippen molar-refractivity contribution in [2.24, 2.45) is 0 Å². The number of carbonyl (C=O) groups is 1. The van der Waals surface area contributed by atoms with E-state index in [1.54, 1.807) is 0 Å². The molecule has 2 aliphatic heterocycles. The van der Waals surface area contributed by atoms with E-state index >= 15 is 0 Å². The van der Waals surface area contributed by atoms with Crippen molar-refractivity contribution in [3.05, 3.63) is 69.7 Å². The Morgan fingerprint density at radius 2 is 1.90 bits per heavy atom. The van der Waals surface area contributed by atoms with E-state index in [9.17, 15) is 4.79 Å². The summed E-state index contributed by atoms with van der Waals surface area (Å²) in [6, 6.07) is 15.7. The van der Waals surface area contributed by atoms with Gasteiger partial charge >= 0.3 is 0 Å². The Balaban J connectivity index is 1.19. The first-order valence-corrected chi connectivity index (χ1v) is 12.1. The van der Waals surface area contributed by atoms with Gasteiger partial charge in [0.2, 0.25) is 5.91 Å². The number of nitrogens with one attached hydrogen (secondary N) is 1. The minimum Gasteiger partial charge on any atom is -0.368 e. The molecule has 4 nitrogen and oxygen atoms in total. The Bertz CT molecular complexity index is 1010. The topological polar surface area (TPSA) is 41.6 Å². The summed E-state index contributed by atoms with van der Waals surface area (Å²) in [7, 11) is 0. The number of amides is 1. The average Bonchev–Trinajstić information content (AvgIpc) is 3.50. The van der Waals surface area contributed by atoms with E-state index < -0.39 is 0 Å². The van der Waals surface area contributed by atoms with Gasteiger partial charge in [0.15, 0.2) is 0 Å². The molecule has 1 amide bonds. The van der Waals surface area contributed by atoms with Crippen molar-refractivity contribution < 1.29 is 9.53 Å². The van der Waals surface area contributed by atoms with E-state index in [1.807, 2.05) is 6.07 Å². The normalized spacial score (nSPS) is 29.7. The molecule has 4 aliphatic rings. The molecule has 2 aliphatic carbocycles. The van der Waals surface area contributed by atoms with Crippen molar-refractivity contribution in [2.75, 3.05) is 26.2 Å². The fourth-order valence-electron chi connectivity index (χ4n) is 6.51. The first-order chi connectivity index (χ1) is 15.1. The van der Waals surface area contributed by atoms with Gasteiger partial charge in [-0.05, 0) is 66.5 Å². The van der Waals surface area contributed by atoms with Crippen molar-refractivity contribution in [1.29, 1.82) is 0 Å². The summed E-state index contributed by atoms with van der Waals surface area (Å²) >= 11 is 6.45. The highest BCUT2D eigenvalue weighted by Crippen LogP contribution is 2.60. The summed E-state index contributed by atoms with van der Waals surface area (Å²) in [4.78, 5) is 15.0.